The van der Waals surface area contributed by atoms with Gasteiger partial charge >= 0.3 is 0 Å². The maximum absolute atomic E-state index is 12.4. The van der Waals surface area contributed by atoms with Gasteiger partial charge in [0, 0.05) is 0 Å². The SMILES string of the molecule is CC1=C(C(=O)NC(C)c2ccccc2NS(C)(=O)=O)CCCO1. The number of hydrogen-bond donors (Lipinski definition) is 2. The lowest BCUT2D eigenvalue weighted by atomic mass is 10.0. The summed E-state index contributed by atoms with van der Waals surface area (Å²) in [5, 5.41) is 2.91. The first kappa shape index (κ1) is 17.3. The summed E-state index contributed by atoms with van der Waals surface area (Å²) in [6.45, 7) is 4.25. The van der Waals surface area contributed by atoms with Gasteiger partial charge < -0.3 is 10.1 Å². The van der Waals surface area contributed by atoms with Gasteiger partial charge in [-0.15, -0.1) is 0 Å². The van der Waals surface area contributed by atoms with Crippen LogP contribution >= 0.6 is 0 Å². The third-order valence-electron chi connectivity index (χ3n) is 3.66. The van der Waals surface area contributed by atoms with E-state index < -0.39 is 10.0 Å². The first-order valence-corrected chi connectivity index (χ1v) is 9.37. The average Bonchev–Trinajstić information content (AvgIpc) is 2.46. The zero-order valence-corrected chi connectivity index (χ0v) is 14.4. The topological polar surface area (TPSA) is 84.5 Å². The largest absolute Gasteiger partial charge is 0.498 e. The molecule has 1 heterocycles. The number of hydrogen-bond acceptors (Lipinski definition) is 4. The van der Waals surface area contributed by atoms with E-state index in [9.17, 15) is 13.2 Å². The Kier molecular flexibility index (Phi) is 5.30. The molecule has 0 saturated carbocycles. The van der Waals surface area contributed by atoms with Crippen molar-refractivity contribution < 1.29 is 17.9 Å². The Balaban J connectivity index is 2.18. The highest BCUT2D eigenvalue weighted by Crippen LogP contribution is 2.25. The monoisotopic (exact) mass is 338 g/mol. The molecule has 2 rings (SSSR count). The van der Waals surface area contributed by atoms with Gasteiger partial charge in [-0.1, -0.05) is 18.2 Å². The van der Waals surface area contributed by atoms with Gasteiger partial charge in [0.2, 0.25) is 10.0 Å². The summed E-state index contributed by atoms with van der Waals surface area (Å²) in [4.78, 5) is 12.4. The number of para-hydroxylation sites is 1. The Hall–Kier alpha value is -2.02. The molecule has 7 heteroatoms. The molecular formula is C16H22N2O4S. The lowest BCUT2D eigenvalue weighted by Crippen LogP contribution is -2.30. The zero-order chi connectivity index (χ0) is 17.0. The second-order valence-corrected chi connectivity index (χ2v) is 7.39. The summed E-state index contributed by atoms with van der Waals surface area (Å²) in [5.41, 5.74) is 1.83. The summed E-state index contributed by atoms with van der Waals surface area (Å²) >= 11 is 0. The Bertz CT molecular complexity index is 725. The predicted molar refractivity (Wildman–Crippen MR) is 89.4 cm³/mol. The van der Waals surface area contributed by atoms with E-state index in [1.807, 2.05) is 6.92 Å². The van der Waals surface area contributed by atoms with E-state index in [-0.39, 0.29) is 11.9 Å². The van der Waals surface area contributed by atoms with Gasteiger partial charge in [0.25, 0.3) is 5.91 Å². The van der Waals surface area contributed by atoms with Gasteiger partial charge in [-0.3, -0.25) is 9.52 Å². The third kappa shape index (κ3) is 4.72. The molecule has 1 aromatic rings. The number of ether oxygens (including phenoxy) is 1. The Morgan fingerprint density at radius 2 is 2.00 bits per heavy atom. The summed E-state index contributed by atoms with van der Waals surface area (Å²) in [6.07, 6.45) is 2.61. The maximum atomic E-state index is 12.4. The number of benzene rings is 1. The number of carbonyl (C=O) groups is 1. The maximum Gasteiger partial charge on any atom is 0.251 e. The first-order chi connectivity index (χ1) is 10.8. The van der Waals surface area contributed by atoms with Gasteiger partial charge in [-0.25, -0.2) is 8.42 Å². The second-order valence-electron chi connectivity index (χ2n) is 5.64. The Morgan fingerprint density at radius 1 is 1.30 bits per heavy atom. The van der Waals surface area contributed by atoms with Crippen LogP contribution in [0.2, 0.25) is 0 Å². The van der Waals surface area contributed by atoms with E-state index >= 15 is 0 Å². The molecule has 1 amide bonds. The van der Waals surface area contributed by atoms with Crippen LogP contribution < -0.4 is 10.0 Å². The molecule has 1 unspecified atom stereocenters. The van der Waals surface area contributed by atoms with Crippen molar-refractivity contribution in [3.05, 3.63) is 41.2 Å². The van der Waals surface area contributed by atoms with Crippen molar-refractivity contribution in [1.82, 2.24) is 5.32 Å². The highest BCUT2D eigenvalue weighted by molar-refractivity contribution is 7.92. The summed E-state index contributed by atoms with van der Waals surface area (Å²) < 4.78 is 30.8. The van der Waals surface area contributed by atoms with Crippen LogP contribution in [-0.2, 0) is 19.6 Å². The molecule has 126 valence electrons. The molecule has 2 N–H and O–H groups in total. The van der Waals surface area contributed by atoms with Crippen molar-refractivity contribution in [2.75, 3.05) is 17.6 Å². The van der Waals surface area contributed by atoms with Crippen LogP contribution in [0.5, 0.6) is 0 Å². The summed E-state index contributed by atoms with van der Waals surface area (Å²) in [5.74, 6) is 0.479. The van der Waals surface area contributed by atoms with Gasteiger partial charge in [0.05, 0.1) is 30.2 Å². The Morgan fingerprint density at radius 3 is 2.65 bits per heavy atom. The molecule has 1 atom stereocenters. The number of amides is 1. The van der Waals surface area contributed by atoms with Crippen molar-refractivity contribution in [3.8, 4) is 0 Å². The van der Waals surface area contributed by atoms with E-state index in [0.717, 1.165) is 12.7 Å². The minimum atomic E-state index is -3.38. The molecule has 0 aromatic heterocycles. The highest BCUT2D eigenvalue weighted by atomic mass is 32.2. The van der Waals surface area contributed by atoms with Crippen LogP contribution in [0.1, 0.15) is 38.3 Å². The second kappa shape index (κ2) is 7.04. The molecule has 0 aliphatic carbocycles. The molecule has 0 fully saturated rings. The number of carbonyl (C=O) groups excluding carboxylic acids is 1. The molecule has 0 saturated heterocycles. The lowest BCUT2D eigenvalue weighted by molar-refractivity contribution is -0.118. The normalized spacial score (nSPS) is 16.5. The molecular weight excluding hydrogens is 316 g/mol. The van der Waals surface area contributed by atoms with Crippen LogP contribution in [0.25, 0.3) is 0 Å². The highest BCUT2D eigenvalue weighted by Gasteiger charge is 2.21. The van der Waals surface area contributed by atoms with Gasteiger partial charge in [-0.05, 0) is 38.3 Å². The first-order valence-electron chi connectivity index (χ1n) is 7.48. The summed E-state index contributed by atoms with van der Waals surface area (Å²) in [7, 11) is -3.38. The van der Waals surface area contributed by atoms with Crippen molar-refractivity contribution in [2.45, 2.75) is 32.7 Å². The standard InChI is InChI=1S/C16H22N2O4S/c1-11(17-16(19)14-8-6-10-22-12(14)2)13-7-4-5-9-15(13)18-23(3,20)21/h4-5,7,9,11,18H,6,8,10H2,1-3H3,(H,17,19). The zero-order valence-electron chi connectivity index (χ0n) is 13.5. The molecule has 0 bridgehead atoms. The van der Waals surface area contributed by atoms with E-state index in [1.54, 1.807) is 31.2 Å². The van der Waals surface area contributed by atoms with Crippen molar-refractivity contribution in [1.29, 1.82) is 0 Å². The average molecular weight is 338 g/mol. The van der Waals surface area contributed by atoms with Crippen LogP contribution in [0.3, 0.4) is 0 Å². The fourth-order valence-electron chi connectivity index (χ4n) is 2.54. The fraction of sp³-hybridized carbons (Fsp3) is 0.438. The number of allylic oxidation sites excluding steroid dienone is 1. The van der Waals surface area contributed by atoms with E-state index in [2.05, 4.69) is 10.0 Å². The molecule has 6 nitrogen and oxygen atoms in total. The molecule has 1 aromatic carbocycles. The molecule has 1 aliphatic rings. The molecule has 0 radical (unpaired) electrons. The van der Waals surface area contributed by atoms with Gasteiger partial charge in [-0.2, -0.15) is 0 Å². The number of nitrogens with one attached hydrogen (secondary N) is 2. The van der Waals surface area contributed by atoms with E-state index in [1.165, 1.54) is 0 Å². The third-order valence-corrected chi connectivity index (χ3v) is 4.25. The predicted octanol–water partition coefficient (Wildman–Crippen LogP) is 2.32. The van der Waals surface area contributed by atoms with Crippen LogP contribution in [0.15, 0.2) is 35.6 Å². The number of sulfonamides is 1. The van der Waals surface area contributed by atoms with Crippen molar-refractivity contribution in [2.24, 2.45) is 0 Å². The minimum Gasteiger partial charge on any atom is -0.498 e. The van der Waals surface area contributed by atoms with Crippen molar-refractivity contribution >= 4 is 21.6 Å². The Labute approximate surface area is 137 Å². The quantitative estimate of drug-likeness (QED) is 0.863. The summed E-state index contributed by atoms with van der Waals surface area (Å²) in [6, 6.07) is 6.67. The smallest absolute Gasteiger partial charge is 0.251 e. The lowest BCUT2D eigenvalue weighted by Gasteiger charge is -2.22. The number of rotatable bonds is 5. The van der Waals surface area contributed by atoms with Crippen molar-refractivity contribution in [3.63, 3.8) is 0 Å². The number of anilines is 1. The molecule has 0 spiro atoms. The van der Waals surface area contributed by atoms with E-state index in [4.69, 9.17) is 4.74 Å². The van der Waals surface area contributed by atoms with Crippen LogP contribution in [-0.4, -0.2) is 27.2 Å². The fourth-order valence-corrected chi connectivity index (χ4v) is 3.12. The minimum absolute atomic E-state index is 0.177. The molecule has 23 heavy (non-hydrogen) atoms. The van der Waals surface area contributed by atoms with E-state index in [0.29, 0.717) is 35.6 Å². The van der Waals surface area contributed by atoms with Crippen LogP contribution in [0.4, 0.5) is 5.69 Å². The van der Waals surface area contributed by atoms with Crippen LogP contribution in [0, 0.1) is 0 Å². The van der Waals surface area contributed by atoms with Gasteiger partial charge in [0.1, 0.15) is 5.76 Å². The molecule has 1 aliphatic heterocycles. The van der Waals surface area contributed by atoms with Gasteiger partial charge in [0.15, 0.2) is 0 Å².